The number of rotatable bonds is 3. The summed E-state index contributed by atoms with van der Waals surface area (Å²) in [5.41, 5.74) is 0.906. The lowest BCUT2D eigenvalue weighted by molar-refractivity contribution is 0.0969. The number of fused-ring (bicyclic) bond motifs is 1. The molecule has 0 aromatic carbocycles. The number of likely N-dealkylation sites (tertiary alicyclic amines) is 1. The van der Waals surface area contributed by atoms with Crippen molar-refractivity contribution < 1.29 is 9.53 Å². The van der Waals surface area contributed by atoms with Crippen LogP contribution in [0.5, 0.6) is 0 Å². The minimum atomic E-state index is -0.296. The number of amides is 1. The van der Waals surface area contributed by atoms with E-state index in [2.05, 4.69) is 24.8 Å². The van der Waals surface area contributed by atoms with Crippen LogP contribution in [-0.2, 0) is 4.74 Å². The Kier molecular flexibility index (Phi) is 3.42. The molecule has 2 aliphatic heterocycles. The van der Waals surface area contributed by atoms with Gasteiger partial charge in [0.1, 0.15) is 11.9 Å². The van der Waals surface area contributed by atoms with Crippen LogP contribution >= 0.6 is 0 Å². The molecule has 4 heterocycles. The van der Waals surface area contributed by atoms with Gasteiger partial charge in [0, 0.05) is 18.7 Å². The zero-order valence-corrected chi connectivity index (χ0v) is 12.3. The summed E-state index contributed by atoms with van der Waals surface area (Å²) in [6, 6.07) is 5.97. The molecule has 7 heteroatoms. The fraction of sp³-hybridized carbons (Fsp3) is 0.533. The van der Waals surface area contributed by atoms with Crippen molar-refractivity contribution in [3.63, 3.8) is 0 Å². The molecule has 22 heavy (non-hydrogen) atoms. The first kappa shape index (κ1) is 13.5. The molecule has 116 valence electrons. The van der Waals surface area contributed by atoms with Gasteiger partial charge in [-0.05, 0) is 38.1 Å². The molecule has 0 saturated carbocycles. The first-order valence-corrected chi connectivity index (χ1v) is 7.76. The first-order chi connectivity index (χ1) is 10.8. The van der Waals surface area contributed by atoms with E-state index < -0.39 is 0 Å². The van der Waals surface area contributed by atoms with Crippen LogP contribution in [0.4, 0.5) is 4.79 Å². The zero-order chi connectivity index (χ0) is 14.9. The summed E-state index contributed by atoms with van der Waals surface area (Å²) in [4.78, 5) is 13.4. The predicted octanol–water partition coefficient (Wildman–Crippen LogP) is 1.02. The molecule has 1 unspecified atom stereocenters. The van der Waals surface area contributed by atoms with E-state index >= 15 is 0 Å². The second kappa shape index (κ2) is 5.57. The van der Waals surface area contributed by atoms with Crippen molar-refractivity contribution >= 4 is 11.7 Å². The molecule has 1 atom stereocenters. The molecule has 0 radical (unpaired) electrons. The van der Waals surface area contributed by atoms with Crippen molar-refractivity contribution in [2.45, 2.75) is 24.9 Å². The quantitative estimate of drug-likeness (QED) is 0.916. The Balaban J connectivity index is 1.38. The van der Waals surface area contributed by atoms with Gasteiger partial charge < -0.3 is 10.1 Å². The third-order valence-corrected chi connectivity index (χ3v) is 4.50. The normalized spacial score (nSPS) is 23.6. The third-order valence-electron chi connectivity index (χ3n) is 4.50. The average molecular weight is 301 g/mol. The second-order valence-electron chi connectivity index (χ2n) is 5.97. The minimum Gasteiger partial charge on any atom is -0.443 e. The van der Waals surface area contributed by atoms with Gasteiger partial charge >= 0.3 is 6.09 Å². The van der Waals surface area contributed by atoms with E-state index in [1.807, 2.05) is 24.4 Å². The first-order valence-electron chi connectivity index (χ1n) is 7.76. The molecular formula is C15H19N5O2. The number of cyclic esters (lactones) is 1. The molecule has 1 amide bonds. The van der Waals surface area contributed by atoms with Gasteiger partial charge in [-0.15, -0.1) is 10.2 Å². The van der Waals surface area contributed by atoms with Gasteiger partial charge in [-0.2, -0.15) is 0 Å². The Morgan fingerprint density at radius 2 is 2.14 bits per heavy atom. The van der Waals surface area contributed by atoms with Gasteiger partial charge in [0.05, 0.1) is 6.54 Å². The van der Waals surface area contributed by atoms with Crippen molar-refractivity contribution in [1.29, 1.82) is 0 Å². The van der Waals surface area contributed by atoms with Crippen LogP contribution in [0.1, 0.15) is 24.6 Å². The zero-order valence-electron chi connectivity index (χ0n) is 12.3. The maximum atomic E-state index is 11.1. The van der Waals surface area contributed by atoms with Crippen LogP contribution in [0.25, 0.3) is 5.65 Å². The van der Waals surface area contributed by atoms with Gasteiger partial charge in [0.25, 0.3) is 0 Å². The highest BCUT2D eigenvalue weighted by molar-refractivity contribution is 5.69. The standard InChI is InChI=1S/C15H19N5O2/c21-15-16-9-12(22-15)10-19-7-4-11(5-8-19)14-18-17-13-3-1-2-6-20(13)14/h1-3,6,11-12H,4-5,7-10H2,(H,16,21). The third kappa shape index (κ3) is 2.52. The Bertz CT molecular complexity index is 677. The molecule has 2 saturated heterocycles. The van der Waals surface area contributed by atoms with Crippen LogP contribution < -0.4 is 5.32 Å². The molecule has 2 fully saturated rings. The Morgan fingerprint density at radius 1 is 1.27 bits per heavy atom. The van der Waals surface area contributed by atoms with E-state index in [4.69, 9.17) is 4.74 Å². The molecule has 0 spiro atoms. The lowest BCUT2D eigenvalue weighted by atomic mass is 9.96. The number of carbonyl (C=O) groups excluding carboxylic acids is 1. The Hall–Kier alpha value is -2.15. The van der Waals surface area contributed by atoms with Crippen molar-refractivity contribution in [2.75, 3.05) is 26.2 Å². The maximum absolute atomic E-state index is 11.1. The highest BCUT2D eigenvalue weighted by Gasteiger charge is 2.29. The fourth-order valence-electron chi connectivity index (χ4n) is 3.33. The monoisotopic (exact) mass is 301 g/mol. The SMILES string of the molecule is O=C1NCC(CN2CCC(c3nnc4ccccn34)CC2)O1. The number of alkyl carbamates (subject to hydrolysis) is 1. The lowest BCUT2D eigenvalue weighted by Crippen LogP contribution is -2.39. The number of carbonyl (C=O) groups is 1. The number of hydrogen-bond donors (Lipinski definition) is 1. The van der Waals surface area contributed by atoms with Crippen LogP contribution in [0.3, 0.4) is 0 Å². The summed E-state index contributed by atoms with van der Waals surface area (Å²) in [5, 5.41) is 11.3. The van der Waals surface area contributed by atoms with Crippen molar-refractivity contribution in [3.05, 3.63) is 30.2 Å². The van der Waals surface area contributed by atoms with Gasteiger partial charge in [-0.1, -0.05) is 6.07 Å². The van der Waals surface area contributed by atoms with Gasteiger partial charge in [-0.25, -0.2) is 4.79 Å². The molecule has 7 nitrogen and oxygen atoms in total. The van der Waals surface area contributed by atoms with Gasteiger partial charge in [0.15, 0.2) is 5.65 Å². The largest absolute Gasteiger partial charge is 0.443 e. The highest BCUT2D eigenvalue weighted by Crippen LogP contribution is 2.27. The number of pyridine rings is 1. The van der Waals surface area contributed by atoms with Crippen molar-refractivity contribution in [1.82, 2.24) is 24.8 Å². The molecule has 2 aromatic rings. The van der Waals surface area contributed by atoms with Gasteiger partial charge in [-0.3, -0.25) is 9.30 Å². The van der Waals surface area contributed by atoms with Gasteiger partial charge in [0.2, 0.25) is 0 Å². The fourth-order valence-corrected chi connectivity index (χ4v) is 3.33. The van der Waals surface area contributed by atoms with Crippen molar-refractivity contribution in [2.24, 2.45) is 0 Å². The van der Waals surface area contributed by atoms with Crippen LogP contribution in [0.2, 0.25) is 0 Å². The van der Waals surface area contributed by atoms with E-state index in [9.17, 15) is 4.79 Å². The highest BCUT2D eigenvalue weighted by atomic mass is 16.6. The average Bonchev–Trinajstić information content (AvgIpc) is 3.14. The van der Waals surface area contributed by atoms with Crippen LogP contribution in [-0.4, -0.2) is 57.9 Å². The molecule has 0 aliphatic carbocycles. The number of nitrogens with zero attached hydrogens (tertiary/aromatic N) is 4. The predicted molar refractivity (Wildman–Crippen MR) is 79.7 cm³/mol. The number of nitrogens with one attached hydrogen (secondary N) is 1. The Morgan fingerprint density at radius 3 is 2.91 bits per heavy atom. The van der Waals surface area contributed by atoms with E-state index in [1.165, 1.54) is 0 Å². The smallest absolute Gasteiger partial charge is 0.407 e. The Labute approximate surface area is 128 Å². The lowest BCUT2D eigenvalue weighted by Gasteiger charge is -2.32. The minimum absolute atomic E-state index is 0.0158. The summed E-state index contributed by atoms with van der Waals surface area (Å²) < 4.78 is 7.29. The summed E-state index contributed by atoms with van der Waals surface area (Å²) in [6.07, 6.45) is 3.83. The van der Waals surface area contributed by atoms with Crippen LogP contribution in [0.15, 0.2) is 24.4 Å². The summed E-state index contributed by atoms with van der Waals surface area (Å²) >= 11 is 0. The molecular weight excluding hydrogens is 282 g/mol. The van der Waals surface area contributed by atoms with Crippen molar-refractivity contribution in [3.8, 4) is 0 Å². The number of aromatic nitrogens is 3. The van der Waals surface area contributed by atoms with E-state index in [-0.39, 0.29) is 12.2 Å². The molecule has 2 aliphatic rings. The maximum Gasteiger partial charge on any atom is 0.407 e. The van der Waals surface area contributed by atoms with E-state index in [1.54, 1.807) is 0 Å². The summed E-state index contributed by atoms with van der Waals surface area (Å²) in [7, 11) is 0. The summed E-state index contributed by atoms with van der Waals surface area (Å²) in [6.45, 7) is 3.43. The molecule has 4 rings (SSSR count). The second-order valence-corrected chi connectivity index (χ2v) is 5.97. The summed E-state index contributed by atoms with van der Waals surface area (Å²) in [5.74, 6) is 1.50. The van der Waals surface area contributed by atoms with Crippen LogP contribution in [0, 0.1) is 0 Å². The molecule has 0 bridgehead atoms. The topological polar surface area (TPSA) is 71.8 Å². The molecule has 1 N–H and O–H groups in total. The van der Waals surface area contributed by atoms with E-state index in [0.29, 0.717) is 12.5 Å². The molecule has 2 aromatic heterocycles. The van der Waals surface area contributed by atoms with E-state index in [0.717, 1.165) is 43.9 Å². The number of hydrogen-bond acceptors (Lipinski definition) is 5. The number of ether oxygens (including phenoxy) is 1. The number of piperidine rings is 1.